The maximum Gasteiger partial charge on any atom is 0.339 e. The van der Waals surface area contributed by atoms with Crippen molar-refractivity contribution in [3.63, 3.8) is 0 Å². The Hall–Kier alpha value is -3.09. The van der Waals surface area contributed by atoms with E-state index in [-0.39, 0.29) is 25.6 Å². The average Bonchev–Trinajstić information content (AvgIpc) is 3.21. The standard InChI is InChI=1S/C27H26ClFO4S/c1-5-23(27(30)31-6-2)26-25(18(4)28)20(16-34-26)15-33-22-12-17(3)11-21(13-22)32-14-19-9-7-8-10-24(19)29/h5,7-13,16H,4,6,14-15H2,1-3H3/b23-5+. The van der Waals surface area contributed by atoms with E-state index >= 15 is 0 Å². The summed E-state index contributed by atoms with van der Waals surface area (Å²) < 4.78 is 30.9. The summed E-state index contributed by atoms with van der Waals surface area (Å²) in [4.78, 5) is 13.1. The fourth-order valence-electron chi connectivity index (χ4n) is 3.36. The van der Waals surface area contributed by atoms with Crippen LogP contribution in [0.15, 0.2) is 60.5 Å². The highest BCUT2D eigenvalue weighted by molar-refractivity contribution is 7.12. The zero-order valence-electron chi connectivity index (χ0n) is 19.3. The summed E-state index contributed by atoms with van der Waals surface area (Å²) in [7, 11) is 0. The van der Waals surface area contributed by atoms with Crippen LogP contribution in [0.3, 0.4) is 0 Å². The van der Waals surface area contributed by atoms with E-state index in [0.717, 1.165) is 11.1 Å². The number of allylic oxidation sites excluding steroid dienone is 1. The lowest BCUT2D eigenvalue weighted by Gasteiger charge is -2.13. The zero-order chi connectivity index (χ0) is 24.7. The molecule has 0 saturated carbocycles. The Kier molecular flexibility index (Phi) is 8.91. The summed E-state index contributed by atoms with van der Waals surface area (Å²) in [6.07, 6.45) is 1.71. The Labute approximate surface area is 208 Å². The van der Waals surface area contributed by atoms with E-state index in [4.69, 9.17) is 25.8 Å². The molecule has 0 bridgehead atoms. The fraction of sp³-hybridized carbons (Fsp3) is 0.222. The molecule has 0 spiro atoms. The fourth-order valence-corrected chi connectivity index (χ4v) is 4.78. The molecule has 0 radical (unpaired) electrons. The van der Waals surface area contributed by atoms with Crippen LogP contribution >= 0.6 is 22.9 Å². The number of carbonyl (C=O) groups excluding carboxylic acids is 1. The summed E-state index contributed by atoms with van der Waals surface area (Å²) in [5.74, 6) is 0.453. The van der Waals surface area contributed by atoms with Crippen LogP contribution in [0.4, 0.5) is 4.39 Å². The molecule has 1 aromatic heterocycles. The molecule has 0 unspecified atom stereocenters. The van der Waals surface area contributed by atoms with Crippen molar-refractivity contribution >= 4 is 39.5 Å². The van der Waals surface area contributed by atoms with Crippen LogP contribution in [-0.2, 0) is 22.7 Å². The third kappa shape index (κ3) is 6.27. The van der Waals surface area contributed by atoms with Gasteiger partial charge in [-0.15, -0.1) is 11.3 Å². The van der Waals surface area contributed by atoms with E-state index in [1.165, 1.54) is 17.4 Å². The van der Waals surface area contributed by atoms with Gasteiger partial charge in [0.05, 0.1) is 17.1 Å². The molecule has 3 rings (SSSR count). The summed E-state index contributed by atoms with van der Waals surface area (Å²) >= 11 is 7.69. The van der Waals surface area contributed by atoms with Crippen LogP contribution in [0.5, 0.6) is 11.5 Å². The summed E-state index contributed by atoms with van der Waals surface area (Å²) in [5, 5.41) is 2.21. The maximum absolute atomic E-state index is 13.9. The van der Waals surface area contributed by atoms with Crippen LogP contribution in [0.2, 0.25) is 0 Å². The highest BCUT2D eigenvalue weighted by Gasteiger charge is 2.22. The monoisotopic (exact) mass is 500 g/mol. The smallest absolute Gasteiger partial charge is 0.339 e. The lowest BCUT2D eigenvalue weighted by Crippen LogP contribution is -2.07. The first-order valence-corrected chi connectivity index (χ1v) is 12.0. The number of aryl methyl sites for hydroxylation is 1. The molecule has 178 valence electrons. The zero-order valence-corrected chi connectivity index (χ0v) is 20.9. The van der Waals surface area contributed by atoms with Gasteiger partial charge in [-0.2, -0.15) is 0 Å². The van der Waals surface area contributed by atoms with Crippen molar-refractivity contribution in [2.24, 2.45) is 0 Å². The number of halogens is 2. The molecule has 0 atom stereocenters. The molecule has 3 aromatic rings. The Morgan fingerprint density at radius 1 is 1.12 bits per heavy atom. The van der Waals surface area contributed by atoms with Gasteiger partial charge in [-0.25, -0.2) is 9.18 Å². The lowest BCUT2D eigenvalue weighted by atomic mass is 10.1. The number of ether oxygens (including phenoxy) is 3. The van der Waals surface area contributed by atoms with E-state index < -0.39 is 5.97 Å². The molecular formula is C27H26ClFO4S. The SMILES string of the molecule is C=C(Cl)c1c(COc2cc(C)cc(OCc3ccccc3F)c2)csc1/C(=C\C)C(=O)OCC. The molecule has 7 heteroatoms. The van der Waals surface area contributed by atoms with Gasteiger partial charge >= 0.3 is 5.97 Å². The second-order valence-electron chi connectivity index (χ2n) is 7.44. The van der Waals surface area contributed by atoms with Crippen molar-refractivity contribution in [3.8, 4) is 11.5 Å². The molecule has 34 heavy (non-hydrogen) atoms. The van der Waals surface area contributed by atoms with Gasteiger partial charge in [-0.1, -0.05) is 42.5 Å². The van der Waals surface area contributed by atoms with Crippen molar-refractivity contribution in [2.75, 3.05) is 6.61 Å². The predicted octanol–water partition coefficient (Wildman–Crippen LogP) is 7.53. The second kappa shape index (κ2) is 11.9. The molecule has 0 N–H and O–H groups in total. The molecule has 0 aliphatic heterocycles. The number of rotatable bonds is 10. The maximum atomic E-state index is 13.9. The van der Waals surface area contributed by atoms with E-state index in [1.807, 2.05) is 24.4 Å². The first kappa shape index (κ1) is 25.5. The third-order valence-electron chi connectivity index (χ3n) is 4.94. The van der Waals surface area contributed by atoms with Crippen LogP contribution in [-0.4, -0.2) is 12.6 Å². The third-order valence-corrected chi connectivity index (χ3v) is 6.19. The number of hydrogen-bond donors (Lipinski definition) is 0. The van der Waals surface area contributed by atoms with Gasteiger partial charge in [0, 0.05) is 27.8 Å². The molecule has 0 amide bonds. The molecule has 0 fully saturated rings. The van der Waals surface area contributed by atoms with Gasteiger partial charge < -0.3 is 14.2 Å². The van der Waals surface area contributed by atoms with Crippen molar-refractivity contribution in [1.82, 2.24) is 0 Å². The van der Waals surface area contributed by atoms with Crippen LogP contribution in [0.25, 0.3) is 10.6 Å². The number of hydrogen-bond acceptors (Lipinski definition) is 5. The van der Waals surface area contributed by atoms with Gasteiger partial charge in [0.1, 0.15) is 30.5 Å². The van der Waals surface area contributed by atoms with E-state index in [1.54, 1.807) is 44.2 Å². The first-order chi connectivity index (χ1) is 16.3. The van der Waals surface area contributed by atoms with Crippen molar-refractivity contribution in [1.29, 1.82) is 0 Å². The van der Waals surface area contributed by atoms with E-state index in [2.05, 4.69) is 6.58 Å². The Balaban J connectivity index is 1.77. The van der Waals surface area contributed by atoms with Crippen molar-refractivity contribution < 1.29 is 23.4 Å². The van der Waals surface area contributed by atoms with Crippen molar-refractivity contribution in [2.45, 2.75) is 34.0 Å². The Morgan fingerprint density at radius 2 is 1.76 bits per heavy atom. The van der Waals surface area contributed by atoms with Gasteiger partial charge in [0.2, 0.25) is 0 Å². The number of benzene rings is 2. The molecular weight excluding hydrogens is 475 g/mol. The summed E-state index contributed by atoms with van der Waals surface area (Å²) in [5.41, 5.74) is 3.32. The number of carbonyl (C=O) groups is 1. The van der Waals surface area contributed by atoms with E-state index in [0.29, 0.717) is 38.1 Å². The molecule has 0 aliphatic carbocycles. The summed E-state index contributed by atoms with van der Waals surface area (Å²) in [6.45, 7) is 9.94. The second-order valence-corrected chi connectivity index (χ2v) is 8.78. The van der Waals surface area contributed by atoms with Gasteiger partial charge in [-0.05, 0) is 49.9 Å². The molecule has 2 aromatic carbocycles. The minimum Gasteiger partial charge on any atom is -0.489 e. The number of esters is 1. The molecule has 0 saturated heterocycles. The highest BCUT2D eigenvalue weighted by atomic mass is 35.5. The Morgan fingerprint density at radius 3 is 2.35 bits per heavy atom. The quantitative estimate of drug-likeness (QED) is 0.213. The topological polar surface area (TPSA) is 44.8 Å². The number of thiophene rings is 1. The van der Waals surface area contributed by atoms with Crippen LogP contribution in [0, 0.1) is 12.7 Å². The summed E-state index contributed by atoms with van der Waals surface area (Å²) in [6, 6.07) is 12.0. The largest absolute Gasteiger partial charge is 0.489 e. The van der Waals surface area contributed by atoms with E-state index in [9.17, 15) is 9.18 Å². The normalized spacial score (nSPS) is 11.3. The van der Waals surface area contributed by atoms with Crippen LogP contribution < -0.4 is 9.47 Å². The lowest BCUT2D eigenvalue weighted by molar-refractivity contribution is -0.136. The molecule has 0 aliphatic rings. The minimum atomic E-state index is -0.409. The van der Waals surface area contributed by atoms with Gasteiger partial charge in [0.25, 0.3) is 0 Å². The van der Waals surface area contributed by atoms with Gasteiger partial charge in [-0.3, -0.25) is 0 Å². The molecule has 1 heterocycles. The minimum absolute atomic E-state index is 0.111. The first-order valence-electron chi connectivity index (χ1n) is 10.7. The Bertz CT molecular complexity index is 1220. The van der Waals surface area contributed by atoms with Gasteiger partial charge in [0.15, 0.2) is 0 Å². The predicted molar refractivity (Wildman–Crippen MR) is 136 cm³/mol. The highest BCUT2D eigenvalue weighted by Crippen LogP contribution is 2.37. The molecule has 4 nitrogen and oxygen atoms in total. The van der Waals surface area contributed by atoms with Crippen molar-refractivity contribution in [3.05, 3.63) is 93.4 Å². The average molecular weight is 501 g/mol. The van der Waals surface area contributed by atoms with Crippen LogP contribution in [0.1, 0.15) is 41.0 Å².